The van der Waals surface area contributed by atoms with Crippen molar-refractivity contribution in [2.45, 2.75) is 40.7 Å². The second kappa shape index (κ2) is 12.1. The Morgan fingerprint density at radius 2 is 1.72 bits per heavy atom. The lowest BCUT2D eigenvalue weighted by Gasteiger charge is -2.25. The number of aromatic nitrogens is 1. The normalized spacial score (nSPS) is 14.9. The Labute approximate surface area is 229 Å². The minimum Gasteiger partial charge on any atom is -0.494 e. The van der Waals surface area contributed by atoms with Crippen LogP contribution in [0.2, 0.25) is 0 Å². The first kappa shape index (κ1) is 27.8. The lowest BCUT2D eigenvalue weighted by molar-refractivity contribution is -0.139. The minimum absolute atomic E-state index is 0.167. The van der Waals surface area contributed by atoms with Crippen LogP contribution < -0.4 is 29.1 Å². The number of benzene rings is 2. The number of carbonyl (C=O) groups excluding carboxylic acids is 2. The highest BCUT2D eigenvalue weighted by molar-refractivity contribution is 7.07. The van der Waals surface area contributed by atoms with Crippen molar-refractivity contribution < 1.29 is 28.5 Å². The molecule has 2 aromatic carbocycles. The molecule has 1 aliphatic rings. The maximum atomic E-state index is 13.8. The van der Waals surface area contributed by atoms with Gasteiger partial charge in [0.05, 0.1) is 41.7 Å². The summed E-state index contributed by atoms with van der Waals surface area (Å²) in [5.41, 5.74) is 1.81. The van der Waals surface area contributed by atoms with E-state index in [1.54, 1.807) is 38.1 Å². The monoisotopic (exact) mass is 550 g/mol. The van der Waals surface area contributed by atoms with Crippen LogP contribution in [0.3, 0.4) is 0 Å². The van der Waals surface area contributed by atoms with E-state index in [4.69, 9.17) is 18.9 Å². The van der Waals surface area contributed by atoms with Gasteiger partial charge in [-0.3, -0.25) is 14.2 Å². The van der Waals surface area contributed by atoms with Crippen LogP contribution in [0.15, 0.2) is 63.5 Å². The SMILES string of the molecule is CCOC(=O)C1=C(C)N=c2sc(=Cc3ccc(OCC)cc3)c(=O)n2C1c1ccc(OC(C)=O)c(OCC)c1. The lowest BCUT2D eigenvalue weighted by atomic mass is 9.95. The van der Waals surface area contributed by atoms with E-state index >= 15 is 0 Å². The van der Waals surface area contributed by atoms with Gasteiger partial charge >= 0.3 is 11.9 Å². The molecule has 1 atom stereocenters. The Balaban J connectivity index is 1.90. The smallest absolute Gasteiger partial charge is 0.338 e. The third-order valence-electron chi connectivity index (χ3n) is 5.84. The number of hydrogen-bond donors (Lipinski definition) is 0. The van der Waals surface area contributed by atoms with E-state index in [1.165, 1.54) is 22.8 Å². The summed E-state index contributed by atoms with van der Waals surface area (Å²) in [6.45, 7) is 9.52. The summed E-state index contributed by atoms with van der Waals surface area (Å²) in [5.74, 6) is 0.252. The molecule has 39 heavy (non-hydrogen) atoms. The molecule has 4 rings (SSSR count). The number of ether oxygens (including phenoxy) is 4. The molecule has 10 heteroatoms. The van der Waals surface area contributed by atoms with Crippen LogP contribution in [0, 0.1) is 0 Å². The summed E-state index contributed by atoms with van der Waals surface area (Å²) in [6.07, 6.45) is 1.79. The predicted octanol–water partition coefficient (Wildman–Crippen LogP) is 3.52. The van der Waals surface area contributed by atoms with Gasteiger partial charge in [0.25, 0.3) is 5.56 Å². The van der Waals surface area contributed by atoms with Gasteiger partial charge in [-0.15, -0.1) is 0 Å². The fraction of sp³-hybridized carbons (Fsp3) is 0.310. The maximum Gasteiger partial charge on any atom is 0.338 e. The molecule has 1 aliphatic heterocycles. The zero-order chi connectivity index (χ0) is 28.1. The third-order valence-corrected chi connectivity index (χ3v) is 6.83. The van der Waals surface area contributed by atoms with Crippen molar-refractivity contribution in [3.63, 3.8) is 0 Å². The largest absolute Gasteiger partial charge is 0.494 e. The quantitative estimate of drug-likeness (QED) is 0.297. The van der Waals surface area contributed by atoms with Gasteiger partial charge in [-0.1, -0.05) is 29.5 Å². The van der Waals surface area contributed by atoms with E-state index in [2.05, 4.69) is 4.99 Å². The molecule has 0 saturated carbocycles. The molecular formula is C29H30N2O7S. The summed E-state index contributed by atoms with van der Waals surface area (Å²) < 4.78 is 23.9. The van der Waals surface area contributed by atoms with Gasteiger partial charge in [0.2, 0.25) is 0 Å². The molecule has 0 saturated heterocycles. The number of carbonyl (C=O) groups is 2. The van der Waals surface area contributed by atoms with Gasteiger partial charge in [-0.25, -0.2) is 9.79 Å². The number of fused-ring (bicyclic) bond motifs is 1. The number of allylic oxidation sites excluding steroid dienone is 1. The van der Waals surface area contributed by atoms with E-state index in [1.807, 2.05) is 38.1 Å². The first-order chi connectivity index (χ1) is 18.8. The lowest BCUT2D eigenvalue weighted by Crippen LogP contribution is -2.40. The number of nitrogens with zero attached hydrogens (tertiary/aromatic N) is 2. The second-order valence-electron chi connectivity index (χ2n) is 8.54. The fourth-order valence-corrected chi connectivity index (χ4v) is 5.33. The summed E-state index contributed by atoms with van der Waals surface area (Å²) in [7, 11) is 0. The highest BCUT2D eigenvalue weighted by Gasteiger charge is 2.34. The van der Waals surface area contributed by atoms with Crippen molar-refractivity contribution in [2.24, 2.45) is 4.99 Å². The summed E-state index contributed by atoms with van der Waals surface area (Å²) >= 11 is 1.24. The highest BCUT2D eigenvalue weighted by Crippen LogP contribution is 2.36. The van der Waals surface area contributed by atoms with Crippen LogP contribution in [0.25, 0.3) is 6.08 Å². The van der Waals surface area contributed by atoms with Gasteiger partial charge in [-0.2, -0.15) is 0 Å². The molecule has 3 aromatic rings. The maximum absolute atomic E-state index is 13.8. The molecule has 0 radical (unpaired) electrons. The Morgan fingerprint density at radius 3 is 2.36 bits per heavy atom. The van der Waals surface area contributed by atoms with Gasteiger partial charge < -0.3 is 18.9 Å². The topological polar surface area (TPSA) is 105 Å². The van der Waals surface area contributed by atoms with Crippen LogP contribution >= 0.6 is 11.3 Å². The van der Waals surface area contributed by atoms with Crippen molar-refractivity contribution in [1.29, 1.82) is 0 Å². The van der Waals surface area contributed by atoms with E-state index in [9.17, 15) is 14.4 Å². The standard InChI is InChI=1S/C29H30N2O7S/c1-6-35-21-12-9-19(10-13-21)15-24-27(33)31-26(25(28(34)37-8-3)17(4)30-29(31)39-24)20-11-14-22(38-18(5)32)23(16-20)36-7-2/h9-16,26H,6-8H2,1-5H3. The second-order valence-corrected chi connectivity index (χ2v) is 9.55. The van der Waals surface area contributed by atoms with Crippen molar-refractivity contribution in [3.8, 4) is 17.2 Å². The molecule has 9 nitrogen and oxygen atoms in total. The Bertz CT molecular complexity index is 1600. The molecule has 1 aromatic heterocycles. The Morgan fingerprint density at radius 1 is 1.00 bits per heavy atom. The highest BCUT2D eigenvalue weighted by atomic mass is 32.1. The minimum atomic E-state index is -0.826. The van der Waals surface area contributed by atoms with E-state index < -0.39 is 18.0 Å². The van der Waals surface area contributed by atoms with Crippen LogP contribution in [0.4, 0.5) is 0 Å². The molecule has 0 spiro atoms. The van der Waals surface area contributed by atoms with Crippen LogP contribution in [0.1, 0.15) is 51.8 Å². The van der Waals surface area contributed by atoms with E-state index in [0.29, 0.717) is 39.6 Å². The van der Waals surface area contributed by atoms with Gasteiger partial charge in [0, 0.05) is 6.92 Å². The zero-order valence-electron chi connectivity index (χ0n) is 22.5. The Hall–Kier alpha value is -4.18. The summed E-state index contributed by atoms with van der Waals surface area (Å²) in [5, 5.41) is 0. The van der Waals surface area contributed by atoms with Crippen molar-refractivity contribution in [2.75, 3.05) is 19.8 Å². The average Bonchev–Trinajstić information content (AvgIpc) is 3.19. The number of hydrogen-bond acceptors (Lipinski definition) is 9. The number of rotatable bonds is 9. The molecule has 0 fully saturated rings. The molecule has 0 bridgehead atoms. The molecule has 204 valence electrons. The average molecular weight is 551 g/mol. The first-order valence-corrected chi connectivity index (χ1v) is 13.5. The van der Waals surface area contributed by atoms with Gasteiger partial charge in [0.1, 0.15) is 5.75 Å². The van der Waals surface area contributed by atoms with E-state index in [0.717, 1.165) is 11.3 Å². The molecule has 0 N–H and O–H groups in total. The molecule has 0 amide bonds. The van der Waals surface area contributed by atoms with Crippen LogP contribution in [-0.2, 0) is 14.3 Å². The van der Waals surface area contributed by atoms with E-state index in [-0.39, 0.29) is 23.5 Å². The van der Waals surface area contributed by atoms with Gasteiger partial charge in [0.15, 0.2) is 16.3 Å². The van der Waals surface area contributed by atoms with Crippen molar-refractivity contribution >= 4 is 29.4 Å². The van der Waals surface area contributed by atoms with Crippen molar-refractivity contribution in [3.05, 3.63) is 84.5 Å². The molecule has 2 heterocycles. The Kier molecular flexibility index (Phi) is 8.65. The zero-order valence-corrected chi connectivity index (χ0v) is 23.3. The predicted molar refractivity (Wildman–Crippen MR) is 147 cm³/mol. The summed E-state index contributed by atoms with van der Waals surface area (Å²) in [4.78, 5) is 43.6. The molecule has 0 aliphatic carbocycles. The van der Waals surface area contributed by atoms with Crippen LogP contribution in [-0.4, -0.2) is 36.3 Å². The number of esters is 2. The fourth-order valence-electron chi connectivity index (χ4n) is 4.29. The third kappa shape index (κ3) is 5.96. The first-order valence-electron chi connectivity index (χ1n) is 12.6. The van der Waals surface area contributed by atoms with Crippen molar-refractivity contribution in [1.82, 2.24) is 4.57 Å². The number of thiazole rings is 1. The van der Waals surface area contributed by atoms with Gasteiger partial charge in [-0.05, 0) is 69.2 Å². The molecular weight excluding hydrogens is 520 g/mol. The summed E-state index contributed by atoms with van der Waals surface area (Å²) in [6, 6.07) is 11.6. The van der Waals surface area contributed by atoms with Crippen LogP contribution in [0.5, 0.6) is 17.2 Å². The molecule has 1 unspecified atom stereocenters.